The van der Waals surface area contributed by atoms with E-state index in [4.69, 9.17) is 5.73 Å². The van der Waals surface area contributed by atoms with Gasteiger partial charge in [0.1, 0.15) is 18.0 Å². The Morgan fingerprint density at radius 2 is 2.00 bits per heavy atom. The van der Waals surface area contributed by atoms with Crippen LogP contribution in [0.4, 0.5) is 17.3 Å². The molecule has 1 fully saturated rings. The summed E-state index contributed by atoms with van der Waals surface area (Å²) in [7, 11) is 0. The molecule has 1 aromatic carbocycles. The molecule has 126 valence electrons. The number of aromatic nitrogens is 2. The standard InChI is InChI=1S/C19H25N5/c20-9-7-15-4-3-10-23(13-15)18-12-19(22-14-21-18)24-11-8-16-5-1-2-6-17(16)24/h1-2,5-6,12,14-15H,3-4,7-11,13,20H2. The predicted molar refractivity (Wildman–Crippen MR) is 97.8 cm³/mol. The van der Waals surface area contributed by atoms with Crippen molar-refractivity contribution in [2.45, 2.75) is 25.7 Å². The van der Waals surface area contributed by atoms with E-state index in [1.807, 2.05) is 0 Å². The second-order valence-electron chi connectivity index (χ2n) is 6.80. The van der Waals surface area contributed by atoms with Crippen molar-refractivity contribution in [1.82, 2.24) is 9.97 Å². The van der Waals surface area contributed by atoms with E-state index < -0.39 is 0 Å². The molecule has 1 atom stereocenters. The molecule has 0 aliphatic carbocycles. The maximum Gasteiger partial charge on any atom is 0.138 e. The van der Waals surface area contributed by atoms with E-state index in [2.05, 4.69) is 50.1 Å². The molecule has 0 bridgehead atoms. The van der Waals surface area contributed by atoms with E-state index in [1.165, 1.54) is 24.1 Å². The summed E-state index contributed by atoms with van der Waals surface area (Å²) < 4.78 is 0. The average molecular weight is 323 g/mol. The van der Waals surface area contributed by atoms with Gasteiger partial charge in [-0.25, -0.2) is 9.97 Å². The van der Waals surface area contributed by atoms with Crippen LogP contribution in [0.3, 0.4) is 0 Å². The van der Waals surface area contributed by atoms with Gasteiger partial charge in [-0.15, -0.1) is 0 Å². The maximum atomic E-state index is 5.74. The first kappa shape index (κ1) is 15.4. The number of hydrogen-bond acceptors (Lipinski definition) is 5. The Bertz CT molecular complexity index is 700. The highest BCUT2D eigenvalue weighted by molar-refractivity contribution is 5.68. The lowest BCUT2D eigenvalue weighted by atomic mass is 9.95. The zero-order valence-corrected chi connectivity index (χ0v) is 14.1. The second-order valence-corrected chi connectivity index (χ2v) is 6.80. The molecule has 2 aromatic rings. The topological polar surface area (TPSA) is 58.3 Å². The average Bonchev–Trinajstić information content (AvgIpc) is 3.07. The predicted octanol–water partition coefficient (Wildman–Crippen LogP) is 2.74. The Balaban J connectivity index is 1.56. The quantitative estimate of drug-likeness (QED) is 0.937. The van der Waals surface area contributed by atoms with Crippen LogP contribution >= 0.6 is 0 Å². The summed E-state index contributed by atoms with van der Waals surface area (Å²) >= 11 is 0. The zero-order chi connectivity index (χ0) is 16.4. The van der Waals surface area contributed by atoms with Crippen LogP contribution in [-0.2, 0) is 6.42 Å². The Morgan fingerprint density at radius 1 is 1.12 bits per heavy atom. The SMILES string of the molecule is NCCC1CCCN(c2cc(N3CCc4ccccc43)ncn2)C1. The largest absolute Gasteiger partial charge is 0.356 e. The van der Waals surface area contributed by atoms with Gasteiger partial charge in [-0.2, -0.15) is 0 Å². The van der Waals surface area contributed by atoms with Crippen LogP contribution in [0.1, 0.15) is 24.8 Å². The Kier molecular flexibility index (Phi) is 4.34. The van der Waals surface area contributed by atoms with Gasteiger partial charge in [-0.05, 0) is 49.8 Å². The summed E-state index contributed by atoms with van der Waals surface area (Å²) in [5.74, 6) is 2.74. The number of hydrogen-bond donors (Lipinski definition) is 1. The number of anilines is 3. The highest BCUT2D eigenvalue weighted by Crippen LogP contribution is 2.34. The fraction of sp³-hybridized carbons (Fsp3) is 0.474. The highest BCUT2D eigenvalue weighted by Gasteiger charge is 2.24. The zero-order valence-electron chi connectivity index (χ0n) is 14.1. The minimum absolute atomic E-state index is 0.690. The summed E-state index contributed by atoms with van der Waals surface area (Å²) in [6.45, 7) is 3.90. The Labute approximate surface area is 143 Å². The lowest BCUT2D eigenvalue weighted by Gasteiger charge is -2.33. The van der Waals surface area contributed by atoms with Crippen molar-refractivity contribution in [2.24, 2.45) is 11.7 Å². The molecule has 2 aliphatic heterocycles. The van der Waals surface area contributed by atoms with Crippen molar-refractivity contribution in [2.75, 3.05) is 36.0 Å². The van der Waals surface area contributed by atoms with Gasteiger partial charge in [0.2, 0.25) is 0 Å². The molecule has 1 unspecified atom stereocenters. The van der Waals surface area contributed by atoms with Crippen LogP contribution in [0.2, 0.25) is 0 Å². The second kappa shape index (κ2) is 6.77. The molecular formula is C19H25N5. The summed E-state index contributed by atoms with van der Waals surface area (Å²) in [5, 5.41) is 0. The minimum atomic E-state index is 0.690. The third-order valence-corrected chi connectivity index (χ3v) is 5.22. The van der Waals surface area contributed by atoms with Gasteiger partial charge in [0, 0.05) is 31.4 Å². The summed E-state index contributed by atoms with van der Waals surface area (Å²) in [4.78, 5) is 13.8. The normalized spacial score (nSPS) is 20.3. The van der Waals surface area contributed by atoms with Crippen molar-refractivity contribution in [3.8, 4) is 0 Å². The van der Waals surface area contributed by atoms with Crippen LogP contribution < -0.4 is 15.5 Å². The first-order chi connectivity index (χ1) is 11.8. The van der Waals surface area contributed by atoms with Crippen LogP contribution in [0.25, 0.3) is 0 Å². The van der Waals surface area contributed by atoms with E-state index in [0.29, 0.717) is 5.92 Å². The van der Waals surface area contributed by atoms with Crippen LogP contribution in [0, 0.1) is 5.92 Å². The van der Waals surface area contributed by atoms with Gasteiger partial charge < -0.3 is 15.5 Å². The third-order valence-electron chi connectivity index (χ3n) is 5.22. The molecule has 0 spiro atoms. The fourth-order valence-corrected chi connectivity index (χ4v) is 3.98. The van der Waals surface area contributed by atoms with Crippen molar-refractivity contribution >= 4 is 17.3 Å². The number of benzene rings is 1. The van der Waals surface area contributed by atoms with Gasteiger partial charge in [-0.1, -0.05) is 18.2 Å². The molecule has 2 aliphatic rings. The van der Waals surface area contributed by atoms with Crippen LogP contribution in [0.15, 0.2) is 36.7 Å². The molecule has 4 rings (SSSR count). The molecule has 0 amide bonds. The van der Waals surface area contributed by atoms with Gasteiger partial charge >= 0.3 is 0 Å². The molecule has 3 heterocycles. The molecule has 5 nitrogen and oxygen atoms in total. The van der Waals surface area contributed by atoms with E-state index in [1.54, 1.807) is 6.33 Å². The van der Waals surface area contributed by atoms with Crippen molar-refractivity contribution in [3.63, 3.8) is 0 Å². The molecule has 1 aromatic heterocycles. The Hall–Kier alpha value is -2.14. The number of para-hydroxylation sites is 1. The molecule has 5 heteroatoms. The van der Waals surface area contributed by atoms with Gasteiger partial charge in [-0.3, -0.25) is 0 Å². The van der Waals surface area contributed by atoms with Crippen molar-refractivity contribution in [1.29, 1.82) is 0 Å². The van der Waals surface area contributed by atoms with Crippen LogP contribution in [0.5, 0.6) is 0 Å². The van der Waals surface area contributed by atoms with Crippen molar-refractivity contribution < 1.29 is 0 Å². The molecular weight excluding hydrogens is 298 g/mol. The first-order valence-corrected chi connectivity index (χ1v) is 8.97. The number of fused-ring (bicyclic) bond motifs is 1. The summed E-state index contributed by atoms with van der Waals surface area (Å²) in [5.41, 5.74) is 8.43. The molecule has 24 heavy (non-hydrogen) atoms. The van der Waals surface area contributed by atoms with Gasteiger partial charge in [0.05, 0.1) is 0 Å². The minimum Gasteiger partial charge on any atom is -0.356 e. The molecule has 0 saturated carbocycles. The first-order valence-electron chi connectivity index (χ1n) is 8.97. The number of piperidine rings is 1. The lowest BCUT2D eigenvalue weighted by molar-refractivity contribution is 0.394. The van der Waals surface area contributed by atoms with Gasteiger partial charge in [0.25, 0.3) is 0 Å². The van der Waals surface area contributed by atoms with Crippen molar-refractivity contribution in [3.05, 3.63) is 42.2 Å². The lowest BCUT2D eigenvalue weighted by Crippen LogP contribution is -2.36. The number of rotatable bonds is 4. The van der Waals surface area contributed by atoms with E-state index in [-0.39, 0.29) is 0 Å². The molecule has 2 N–H and O–H groups in total. The highest BCUT2D eigenvalue weighted by atomic mass is 15.2. The Morgan fingerprint density at radius 3 is 2.92 bits per heavy atom. The third kappa shape index (κ3) is 2.96. The maximum absolute atomic E-state index is 5.74. The number of nitrogens with two attached hydrogens (primary N) is 1. The molecule has 1 saturated heterocycles. The summed E-state index contributed by atoms with van der Waals surface area (Å²) in [6, 6.07) is 10.7. The molecule has 0 radical (unpaired) electrons. The number of nitrogens with zero attached hydrogens (tertiary/aromatic N) is 4. The van der Waals surface area contributed by atoms with Gasteiger partial charge in [0.15, 0.2) is 0 Å². The van der Waals surface area contributed by atoms with Crippen LogP contribution in [-0.4, -0.2) is 36.1 Å². The smallest absolute Gasteiger partial charge is 0.138 e. The monoisotopic (exact) mass is 323 g/mol. The van der Waals surface area contributed by atoms with E-state index in [0.717, 1.165) is 50.7 Å². The fourth-order valence-electron chi connectivity index (χ4n) is 3.98. The summed E-state index contributed by atoms with van der Waals surface area (Å²) in [6.07, 6.45) is 6.39. The van der Waals surface area contributed by atoms with E-state index in [9.17, 15) is 0 Å². The van der Waals surface area contributed by atoms with E-state index >= 15 is 0 Å².